The van der Waals surface area contributed by atoms with E-state index in [0.717, 1.165) is 74.3 Å². The number of likely N-dealkylation sites (N-methyl/N-ethyl adjacent to an activating group) is 1. The molecule has 0 atom stereocenters. The van der Waals surface area contributed by atoms with Gasteiger partial charge in [-0.25, -0.2) is 19.7 Å². The van der Waals surface area contributed by atoms with Crippen LogP contribution in [0.15, 0.2) is 41.3 Å². The second-order valence-electron chi connectivity index (χ2n) is 14.3. The van der Waals surface area contributed by atoms with Crippen LogP contribution in [0.3, 0.4) is 0 Å². The number of piperazine rings is 1. The molecular formula is C37H47ClN6O5. The fourth-order valence-corrected chi connectivity index (χ4v) is 7.82. The molecular weight excluding hydrogens is 644 g/mol. The third kappa shape index (κ3) is 8.04. The molecule has 0 radical (unpaired) electrons. The fraction of sp³-hybridized carbons (Fsp3) is 0.595. The van der Waals surface area contributed by atoms with Gasteiger partial charge in [-0.1, -0.05) is 11.6 Å². The molecule has 0 aromatic carbocycles. The van der Waals surface area contributed by atoms with Gasteiger partial charge in [0.15, 0.2) is 5.89 Å². The van der Waals surface area contributed by atoms with Crippen molar-refractivity contribution in [2.75, 3.05) is 51.8 Å². The number of pyridine rings is 2. The molecule has 0 spiro atoms. The first-order chi connectivity index (χ1) is 23.8. The van der Waals surface area contributed by atoms with Crippen molar-refractivity contribution in [3.63, 3.8) is 0 Å². The standard InChI is InChI=1S/C37H47ClN6O5/c1-42-15-17-43(18-16-42)37(46)49-30-11-9-27(10-12-30)36(45)44(33-20-28(13-14-39-33)32-23-48-34(41-32)26-7-8-26)22-24-3-5-25(6-4-24)29-19-31(38)35(47-2)40-21-29/h13-14,19-21,23-27,30H,3-12,15-18,22H2,1-2H3/t24-,25-,27-,30-. The van der Waals surface area contributed by atoms with Crippen LogP contribution in [0.2, 0.25) is 5.02 Å². The van der Waals surface area contributed by atoms with Crippen molar-refractivity contribution in [2.45, 2.75) is 82.1 Å². The lowest BCUT2D eigenvalue weighted by Gasteiger charge is -2.36. The monoisotopic (exact) mass is 690 g/mol. The van der Waals surface area contributed by atoms with Gasteiger partial charge in [-0.15, -0.1) is 0 Å². The SMILES string of the molecule is COc1ncc([C@H]2CC[C@H](CN(c3cc(-c4coc(C5CC5)n4)ccn3)C(=O)[C@H]3CC[C@H](OC(=O)N4CCN(C)CC4)CC3)CC2)cc1Cl. The van der Waals surface area contributed by atoms with Crippen molar-refractivity contribution in [2.24, 2.45) is 11.8 Å². The molecule has 262 valence electrons. The zero-order valence-corrected chi connectivity index (χ0v) is 29.3. The molecule has 0 N–H and O–H groups in total. The van der Waals surface area contributed by atoms with Crippen molar-refractivity contribution in [1.82, 2.24) is 24.8 Å². The molecule has 3 saturated carbocycles. The largest absolute Gasteiger partial charge is 0.480 e. The summed E-state index contributed by atoms with van der Waals surface area (Å²) in [5, 5.41) is 0.532. The van der Waals surface area contributed by atoms with Crippen molar-refractivity contribution in [3.05, 3.63) is 53.3 Å². The highest BCUT2D eigenvalue weighted by Gasteiger charge is 2.35. The van der Waals surface area contributed by atoms with E-state index in [1.54, 1.807) is 24.5 Å². The van der Waals surface area contributed by atoms with E-state index in [1.165, 1.54) is 0 Å². The highest BCUT2D eigenvalue weighted by molar-refractivity contribution is 6.31. The molecule has 1 aliphatic heterocycles. The summed E-state index contributed by atoms with van der Waals surface area (Å²) < 4.78 is 16.9. The molecule has 3 aromatic heterocycles. The smallest absolute Gasteiger partial charge is 0.410 e. The Labute approximate surface area is 293 Å². The van der Waals surface area contributed by atoms with Crippen LogP contribution >= 0.6 is 11.6 Å². The Kier molecular flexibility index (Phi) is 10.4. The fourth-order valence-electron chi connectivity index (χ4n) is 7.56. The molecule has 11 nitrogen and oxygen atoms in total. The van der Waals surface area contributed by atoms with Gasteiger partial charge in [-0.3, -0.25) is 9.69 Å². The molecule has 2 amide bonds. The Morgan fingerprint density at radius 1 is 0.959 bits per heavy atom. The molecule has 12 heteroatoms. The van der Waals surface area contributed by atoms with Crippen LogP contribution in [0.5, 0.6) is 5.88 Å². The van der Waals surface area contributed by atoms with E-state index in [2.05, 4.69) is 16.9 Å². The van der Waals surface area contributed by atoms with Crippen LogP contribution < -0.4 is 9.64 Å². The molecule has 3 aromatic rings. The molecule has 0 unspecified atom stereocenters. The van der Waals surface area contributed by atoms with Gasteiger partial charge in [0.25, 0.3) is 0 Å². The van der Waals surface area contributed by atoms with Crippen molar-refractivity contribution in [3.8, 4) is 17.1 Å². The number of halogens is 1. The number of aromatic nitrogens is 3. The van der Waals surface area contributed by atoms with Gasteiger partial charge in [0.05, 0.1) is 7.11 Å². The second-order valence-corrected chi connectivity index (χ2v) is 14.7. The third-order valence-electron chi connectivity index (χ3n) is 10.9. The first-order valence-corrected chi connectivity index (χ1v) is 18.3. The number of methoxy groups -OCH3 is 1. The number of carbonyl (C=O) groups is 2. The van der Waals surface area contributed by atoms with E-state index < -0.39 is 0 Å². The minimum absolute atomic E-state index is 0.0978. The number of amides is 2. The van der Waals surface area contributed by atoms with E-state index in [9.17, 15) is 9.59 Å². The maximum Gasteiger partial charge on any atom is 0.410 e. The normalized spacial score (nSPS) is 24.8. The summed E-state index contributed by atoms with van der Waals surface area (Å²) in [6, 6.07) is 5.88. The number of anilines is 1. The lowest BCUT2D eigenvalue weighted by atomic mass is 9.78. The number of carbonyl (C=O) groups excluding carboxylic acids is 2. The molecule has 1 saturated heterocycles. The average molecular weight is 691 g/mol. The first-order valence-electron chi connectivity index (χ1n) is 17.9. The summed E-state index contributed by atoms with van der Waals surface area (Å²) in [7, 11) is 3.64. The van der Waals surface area contributed by atoms with Crippen molar-refractivity contribution >= 4 is 29.4 Å². The predicted molar refractivity (Wildman–Crippen MR) is 186 cm³/mol. The number of rotatable bonds is 9. The van der Waals surface area contributed by atoms with Crippen LogP contribution in [0, 0.1) is 11.8 Å². The number of hydrogen-bond donors (Lipinski definition) is 0. The Bertz CT molecular complexity index is 1610. The zero-order chi connectivity index (χ0) is 33.9. The Balaban J connectivity index is 1.03. The number of ether oxygens (including phenoxy) is 2. The van der Waals surface area contributed by atoms with Gasteiger partial charge in [-0.05, 0) is 107 Å². The summed E-state index contributed by atoms with van der Waals surface area (Å²) in [6.45, 7) is 3.69. The van der Waals surface area contributed by atoms with Gasteiger partial charge in [0.2, 0.25) is 11.8 Å². The second kappa shape index (κ2) is 15.0. The van der Waals surface area contributed by atoms with Crippen LogP contribution in [-0.2, 0) is 9.53 Å². The topological polar surface area (TPSA) is 114 Å². The molecule has 7 rings (SSSR count). The van der Waals surface area contributed by atoms with Crippen molar-refractivity contribution in [1.29, 1.82) is 0 Å². The van der Waals surface area contributed by atoms with Crippen LogP contribution in [-0.4, -0.2) is 89.7 Å². The predicted octanol–water partition coefficient (Wildman–Crippen LogP) is 6.92. The average Bonchev–Trinajstić information content (AvgIpc) is 3.86. The van der Waals surface area contributed by atoms with Gasteiger partial charge in [-0.2, -0.15) is 0 Å². The Hall–Kier alpha value is -3.70. The van der Waals surface area contributed by atoms with Gasteiger partial charge >= 0.3 is 6.09 Å². The van der Waals surface area contributed by atoms with Gasteiger partial charge in [0.1, 0.15) is 28.9 Å². The lowest BCUT2D eigenvalue weighted by Crippen LogP contribution is -2.48. The molecule has 49 heavy (non-hydrogen) atoms. The highest BCUT2D eigenvalue weighted by atomic mass is 35.5. The summed E-state index contributed by atoms with van der Waals surface area (Å²) in [5.41, 5.74) is 2.80. The summed E-state index contributed by atoms with van der Waals surface area (Å²) in [6.07, 6.45) is 13.9. The summed E-state index contributed by atoms with van der Waals surface area (Å²) >= 11 is 6.40. The number of hydrogen-bond acceptors (Lipinski definition) is 9. The van der Waals surface area contributed by atoms with E-state index in [4.69, 9.17) is 35.5 Å². The molecule has 3 aliphatic carbocycles. The van der Waals surface area contributed by atoms with Crippen LogP contribution in [0.1, 0.15) is 87.5 Å². The minimum Gasteiger partial charge on any atom is -0.480 e. The van der Waals surface area contributed by atoms with E-state index >= 15 is 0 Å². The lowest BCUT2D eigenvalue weighted by molar-refractivity contribution is -0.124. The molecule has 4 fully saturated rings. The highest BCUT2D eigenvalue weighted by Crippen LogP contribution is 2.41. The number of oxazole rings is 1. The van der Waals surface area contributed by atoms with E-state index in [1.807, 2.05) is 29.3 Å². The van der Waals surface area contributed by atoms with Gasteiger partial charge in [0, 0.05) is 62.5 Å². The van der Waals surface area contributed by atoms with Gasteiger partial charge < -0.3 is 23.7 Å². The number of nitrogens with zero attached hydrogens (tertiary/aromatic N) is 6. The maximum atomic E-state index is 14.4. The zero-order valence-electron chi connectivity index (χ0n) is 28.6. The maximum absolute atomic E-state index is 14.4. The molecule has 4 aliphatic rings. The van der Waals surface area contributed by atoms with Crippen molar-refractivity contribution < 1.29 is 23.5 Å². The molecule has 4 heterocycles. The minimum atomic E-state index is -0.230. The summed E-state index contributed by atoms with van der Waals surface area (Å²) in [4.78, 5) is 47.0. The first kappa shape index (κ1) is 33.8. The quantitative estimate of drug-likeness (QED) is 0.236. The van der Waals surface area contributed by atoms with Crippen LogP contribution in [0.4, 0.5) is 10.6 Å². The third-order valence-corrected chi connectivity index (χ3v) is 11.1. The Morgan fingerprint density at radius 3 is 2.39 bits per heavy atom. The Morgan fingerprint density at radius 2 is 1.69 bits per heavy atom. The molecule has 0 bridgehead atoms. The summed E-state index contributed by atoms with van der Waals surface area (Å²) in [5.74, 6) is 2.95. The van der Waals surface area contributed by atoms with Crippen LogP contribution in [0.25, 0.3) is 11.3 Å². The van der Waals surface area contributed by atoms with E-state index in [-0.39, 0.29) is 24.0 Å². The van der Waals surface area contributed by atoms with E-state index in [0.29, 0.717) is 79.8 Å².